The van der Waals surface area contributed by atoms with Gasteiger partial charge in [-0.3, -0.25) is 4.79 Å². The van der Waals surface area contributed by atoms with E-state index in [1.807, 2.05) is 24.3 Å². The topological polar surface area (TPSA) is 55.0 Å². The van der Waals surface area contributed by atoms with E-state index in [-0.39, 0.29) is 5.56 Å². The van der Waals surface area contributed by atoms with Crippen LogP contribution in [0.15, 0.2) is 45.0 Å². The molecule has 1 aromatic carbocycles. The van der Waals surface area contributed by atoms with E-state index in [9.17, 15) is 4.79 Å². The second-order valence-electron chi connectivity index (χ2n) is 3.04. The van der Waals surface area contributed by atoms with Crippen LogP contribution in [0.4, 0.5) is 0 Å². The third-order valence-corrected chi connectivity index (χ3v) is 3.13. The number of H-pyrrole nitrogens is 1. The molecule has 0 saturated heterocycles. The van der Waals surface area contributed by atoms with Crippen molar-refractivity contribution in [1.82, 2.24) is 10.2 Å². The molecule has 2 heterocycles. The van der Waals surface area contributed by atoms with Crippen LogP contribution in [0.25, 0.3) is 0 Å². The molecular formula is C10H6N2O2S. The normalized spacial score (nSPS) is 12.5. The number of nitrogens with one attached hydrogen (secondary N) is 1. The van der Waals surface area contributed by atoms with Gasteiger partial charge in [-0.25, -0.2) is 5.10 Å². The van der Waals surface area contributed by atoms with Crippen LogP contribution >= 0.6 is 11.8 Å². The Morgan fingerprint density at radius 3 is 3.07 bits per heavy atom. The van der Waals surface area contributed by atoms with Crippen molar-refractivity contribution in [3.05, 3.63) is 40.8 Å². The summed E-state index contributed by atoms with van der Waals surface area (Å²) in [5.41, 5.74) is -0.297. The molecule has 1 N–H and O–H groups in total. The van der Waals surface area contributed by atoms with E-state index in [1.165, 1.54) is 11.8 Å². The Hall–Kier alpha value is -1.75. The number of nitrogens with zero attached hydrogens (tertiary/aromatic N) is 1. The van der Waals surface area contributed by atoms with Gasteiger partial charge in [-0.2, -0.15) is 5.10 Å². The number of ether oxygens (including phenoxy) is 1. The molecular weight excluding hydrogens is 212 g/mol. The van der Waals surface area contributed by atoms with Gasteiger partial charge in [0.15, 0.2) is 0 Å². The first kappa shape index (κ1) is 8.55. The van der Waals surface area contributed by atoms with Gasteiger partial charge in [0.2, 0.25) is 5.75 Å². The molecule has 0 unspecified atom stereocenters. The third kappa shape index (κ3) is 1.32. The molecule has 0 atom stereocenters. The summed E-state index contributed by atoms with van der Waals surface area (Å²) in [4.78, 5) is 13.2. The fourth-order valence-corrected chi connectivity index (χ4v) is 2.31. The van der Waals surface area contributed by atoms with Crippen molar-refractivity contribution >= 4 is 11.8 Å². The Bertz CT molecular complexity index is 580. The highest BCUT2D eigenvalue weighted by molar-refractivity contribution is 7.99. The molecule has 0 aliphatic carbocycles. The van der Waals surface area contributed by atoms with Crippen molar-refractivity contribution < 1.29 is 4.74 Å². The lowest BCUT2D eigenvalue weighted by molar-refractivity contribution is 0.443. The number of para-hydroxylation sites is 1. The van der Waals surface area contributed by atoms with Crippen molar-refractivity contribution in [3.63, 3.8) is 0 Å². The lowest BCUT2D eigenvalue weighted by atomic mass is 10.3. The van der Waals surface area contributed by atoms with Crippen LogP contribution in [0.3, 0.4) is 0 Å². The van der Waals surface area contributed by atoms with Crippen LogP contribution in [-0.4, -0.2) is 10.2 Å². The number of hydrogen-bond donors (Lipinski definition) is 1. The molecule has 0 radical (unpaired) electrons. The van der Waals surface area contributed by atoms with Crippen LogP contribution in [0.1, 0.15) is 0 Å². The largest absolute Gasteiger partial charge is 0.449 e. The zero-order chi connectivity index (χ0) is 10.3. The van der Waals surface area contributed by atoms with Crippen molar-refractivity contribution in [2.45, 2.75) is 9.79 Å². The van der Waals surface area contributed by atoms with Gasteiger partial charge in [-0.15, -0.1) is 0 Å². The van der Waals surface area contributed by atoms with Crippen LogP contribution in [0, 0.1) is 0 Å². The lowest BCUT2D eigenvalue weighted by Crippen LogP contribution is -2.13. The van der Waals surface area contributed by atoms with E-state index >= 15 is 0 Å². The zero-order valence-corrected chi connectivity index (χ0v) is 8.38. The molecule has 4 nitrogen and oxygen atoms in total. The van der Waals surface area contributed by atoms with Gasteiger partial charge in [0.05, 0.1) is 16.0 Å². The predicted molar refractivity (Wildman–Crippen MR) is 55.5 cm³/mol. The molecule has 0 bridgehead atoms. The molecule has 3 rings (SSSR count). The van der Waals surface area contributed by atoms with Crippen LogP contribution in [-0.2, 0) is 0 Å². The summed E-state index contributed by atoms with van der Waals surface area (Å²) in [6.07, 6.45) is 1.59. The minimum atomic E-state index is -0.297. The van der Waals surface area contributed by atoms with E-state index in [0.29, 0.717) is 11.5 Å². The third-order valence-electron chi connectivity index (χ3n) is 2.06. The summed E-state index contributed by atoms with van der Waals surface area (Å²) in [7, 11) is 0. The highest BCUT2D eigenvalue weighted by atomic mass is 32.2. The van der Waals surface area contributed by atoms with Crippen molar-refractivity contribution in [3.8, 4) is 11.5 Å². The minimum absolute atomic E-state index is 0.297. The Kier molecular flexibility index (Phi) is 1.78. The smallest absolute Gasteiger partial charge is 0.308 e. The van der Waals surface area contributed by atoms with E-state index < -0.39 is 0 Å². The molecule has 5 heteroatoms. The maximum atomic E-state index is 11.4. The fourth-order valence-electron chi connectivity index (χ4n) is 1.39. The standard InChI is InChI=1S/C10H6N2O2S/c13-10-9-8(5-11-12-10)15-7-4-2-1-3-6(7)14-9/h1-5H,(H,12,13). The van der Waals surface area contributed by atoms with Crippen molar-refractivity contribution in [2.24, 2.45) is 0 Å². The predicted octanol–water partition coefficient (Wildman–Crippen LogP) is 2.03. The molecule has 0 fully saturated rings. The maximum absolute atomic E-state index is 11.4. The van der Waals surface area contributed by atoms with Gasteiger partial charge >= 0.3 is 5.56 Å². The molecule has 0 saturated carbocycles. The number of aromatic nitrogens is 2. The average Bonchev–Trinajstić information content (AvgIpc) is 2.27. The van der Waals surface area contributed by atoms with Gasteiger partial charge < -0.3 is 4.74 Å². The SMILES string of the molecule is O=c1[nH]ncc2c1Oc1ccccc1S2. The summed E-state index contributed by atoms with van der Waals surface area (Å²) in [5, 5.41) is 6.08. The van der Waals surface area contributed by atoms with Gasteiger partial charge in [-0.05, 0) is 12.1 Å². The lowest BCUT2D eigenvalue weighted by Gasteiger charge is -2.17. The number of aromatic amines is 1. The molecule has 2 aromatic rings. The first-order chi connectivity index (χ1) is 7.34. The van der Waals surface area contributed by atoms with Crippen LogP contribution in [0.5, 0.6) is 11.5 Å². The van der Waals surface area contributed by atoms with Crippen LogP contribution in [0.2, 0.25) is 0 Å². The summed E-state index contributed by atoms with van der Waals surface area (Å²) >= 11 is 1.49. The summed E-state index contributed by atoms with van der Waals surface area (Å²) < 4.78 is 5.50. The summed E-state index contributed by atoms with van der Waals surface area (Å²) in [5.74, 6) is 1.04. The highest BCUT2D eigenvalue weighted by Crippen LogP contribution is 2.44. The molecule has 74 valence electrons. The monoisotopic (exact) mass is 218 g/mol. The highest BCUT2D eigenvalue weighted by Gasteiger charge is 2.19. The number of rotatable bonds is 0. The van der Waals surface area contributed by atoms with Gasteiger partial charge in [-0.1, -0.05) is 23.9 Å². The molecule has 1 aliphatic heterocycles. The Labute approximate surface area is 89.3 Å². The van der Waals surface area contributed by atoms with Crippen LogP contribution < -0.4 is 10.3 Å². The molecule has 0 spiro atoms. The molecule has 15 heavy (non-hydrogen) atoms. The molecule has 0 amide bonds. The maximum Gasteiger partial charge on any atom is 0.308 e. The van der Waals surface area contributed by atoms with Gasteiger partial charge in [0.25, 0.3) is 0 Å². The zero-order valence-electron chi connectivity index (χ0n) is 7.56. The molecule has 1 aromatic heterocycles. The van der Waals surface area contributed by atoms with Gasteiger partial charge in [0.1, 0.15) is 5.75 Å². The first-order valence-electron chi connectivity index (χ1n) is 4.37. The average molecular weight is 218 g/mol. The Morgan fingerprint density at radius 1 is 1.27 bits per heavy atom. The number of hydrogen-bond acceptors (Lipinski definition) is 4. The molecule has 1 aliphatic rings. The second-order valence-corrected chi connectivity index (χ2v) is 4.13. The number of benzene rings is 1. The van der Waals surface area contributed by atoms with E-state index in [0.717, 1.165) is 9.79 Å². The number of fused-ring (bicyclic) bond motifs is 2. The first-order valence-corrected chi connectivity index (χ1v) is 5.18. The fraction of sp³-hybridized carbons (Fsp3) is 0. The van der Waals surface area contributed by atoms with Crippen molar-refractivity contribution in [2.75, 3.05) is 0 Å². The van der Waals surface area contributed by atoms with Gasteiger partial charge in [0, 0.05) is 0 Å². The van der Waals surface area contributed by atoms with Crippen molar-refractivity contribution in [1.29, 1.82) is 0 Å². The Balaban J connectivity index is 2.19. The van der Waals surface area contributed by atoms with E-state index in [1.54, 1.807) is 6.20 Å². The second kappa shape index (κ2) is 3.13. The minimum Gasteiger partial charge on any atom is -0.449 e. The van der Waals surface area contributed by atoms with E-state index in [4.69, 9.17) is 4.74 Å². The summed E-state index contributed by atoms with van der Waals surface area (Å²) in [6.45, 7) is 0. The Morgan fingerprint density at radius 2 is 2.13 bits per heavy atom. The quantitative estimate of drug-likeness (QED) is 0.627. The van der Waals surface area contributed by atoms with E-state index in [2.05, 4.69) is 10.2 Å². The summed E-state index contributed by atoms with van der Waals surface area (Å²) in [6, 6.07) is 7.59.